The maximum Gasteiger partial charge on any atom is 0.227 e. The SMILES string of the molecule is CC(=O)NC1(c2noc(CCC(=O)N3CCN(CC4CCCCC4)CC3)n2)CCCCCC1. The fourth-order valence-corrected chi connectivity index (χ4v) is 5.91. The van der Waals surface area contributed by atoms with E-state index in [0.717, 1.165) is 70.6 Å². The number of nitrogens with one attached hydrogen (secondary N) is 1. The lowest BCUT2D eigenvalue weighted by atomic mass is 9.89. The molecule has 1 N–H and O–H groups in total. The van der Waals surface area contributed by atoms with Crippen molar-refractivity contribution in [3.8, 4) is 0 Å². The van der Waals surface area contributed by atoms with Crippen LogP contribution < -0.4 is 5.32 Å². The molecule has 2 aliphatic carbocycles. The van der Waals surface area contributed by atoms with Gasteiger partial charge < -0.3 is 14.7 Å². The fraction of sp³-hybridized carbons (Fsp3) is 0.840. The number of carbonyl (C=O) groups is 2. The summed E-state index contributed by atoms with van der Waals surface area (Å²) in [6.45, 7) is 6.32. The number of piperazine rings is 1. The van der Waals surface area contributed by atoms with E-state index < -0.39 is 5.54 Å². The largest absolute Gasteiger partial charge is 0.343 e. The van der Waals surface area contributed by atoms with E-state index in [1.165, 1.54) is 38.6 Å². The van der Waals surface area contributed by atoms with E-state index in [1.54, 1.807) is 6.92 Å². The molecule has 1 aromatic rings. The average Bonchev–Trinajstić information content (AvgIpc) is 3.18. The summed E-state index contributed by atoms with van der Waals surface area (Å²) in [5.74, 6) is 2.00. The third-order valence-corrected chi connectivity index (χ3v) is 7.79. The first-order valence-corrected chi connectivity index (χ1v) is 13.2. The van der Waals surface area contributed by atoms with E-state index in [9.17, 15) is 9.59 Å². The summed E-state index contributed by atoms with van der Waals surface area (Å²) in [4.78, 5) is 33.8. The molecular weight excluding hydrogens is 418 g/mol. The lowest BCUT2D eigenvalue weighted by Gasteiger charge is -2.37. The monoisotopic (exact) mass is 459 g/mol. The Morgan fingerprint density at radius 2 is 1.67 bits per heavy atom. The van der Waals surface area contributed by atoms with Gasteiger partial charge in [-0.2, -0.15) is 4.98 Å². The highest BCUT2D eigenvalue weighted by molar-refractivity contribution is 5.76. The first-order chi connectivity index (χ1) is 16.0. The second-order valence-electron chi connectivity index (χ2n) is 10.4. The summed E-state index contributed by atoms with van der Waals surface area (Å²) in [5, 5.41) is 7.34. The highest BCUT2D eigenvalue weighted by atomic mass is 16.5. The Balaban J connectivity index is 1.25. The van der Waals surface area contributed by atoms with Gasteiger partial charge in [0.15, 0.2) is 5.82 Å². The van der Waals surface area contributed by atoms with Crippen LogP contribution in [0.1, 0.15) is 95.7 Å². The van der Waals surface area contributed by atoms with Gasteiger partial charge in [0, 0.05) is 52.5 Å². The predicted molar refractivity (Wildman–Crippen MR) is 125 cm³/mol. The van der Waals surface area contributed by atoms with Crippen LogP contribution >= 0.6 is 0 Å². The molecule has 3 aliphatic rings. The van der Waals surface area contributed by atoms with E-state index in [-0.39, 0.29) is 11.8 Å². The van der Waals surface area contributed by atoms with Crippen molar-refractivity contribution < 1.29 is 14.1 Å². The van der Waals surface area contributed by atoms with Crippen LogP contribution in [-0.2, 0) is 21.5 Å². The molecule has 8 nitrogen and oxygen atoms in total. The molecular formula is C25H41N5O3. The lowest BCUT2D eigenvalue weighted by Crippen LogP contribution is -2.49. The van der Waals surface area contributed by atoms with Crippen LogP contribution in [0.2, 0.25) is 0 Å². The Morgan fingerprint density at radius 3 is 2.33 bits per heavy atom. The maximum absolute atomic E-state index is 12.8. The van der Waals surface area contributed by atoms with Crippen molar-refractivity contribution in [2.24, 2.45) is 5.92 Å². The summed E-state index contributed by atoms with van der Waals surface area (Å²) >= 11 is 0. The Bertz CT molecular complexity index is 773. The highest BCUT2D eigenvalue weighted by Gasteiger charge is 2.38. The molecule has 2 amide bonds. The number of hydrogen-bond donors (Lipinski definition) is 1. The number of aryl methyl sites for hydroxylation is 1. The molecule has 8 heteroatoms. The number of nitrogens with zero attached hydrogens (tertiary/aromatic N) is 4. The zero-order chi connectivity index (χ0) is 23.1. The quantitative estimate of drug-likeness (QED) is 0.628. The minimum absolute atomic E-state index is 0.0685. The third-order valence-electron chi connectivity index (χ3n) is 7.79. The average molecular weight is 460 g/mol. The van der Waals surface area contributed by atoms with E-state index in [2.05, 4.69) is 20.4 Å². The minimum Gasteiger partial charge on any atom is -0.343 e. The molecule has 1 aliphatic heterocycles. The Labute approximate surface area is 197 Å². The zero-order valence-corrected chi connectivity index (χ0v) is 20.3. The minimum atomic E-state index is -0.539. The molecule has 0 unspecified atom stereocenters. The summed E-state index contributed by atoms with van der Waals surface area (Å²) < 4.78 is 5.51. The van der Waals surface area contributed by atoms with Crippen LogP contribution in [0, 0.1) is 5.92 Å². The molecule has 2 heterocycles. The van der Waals surface area contributed by atoms with Crippen molar-refractivity contribution in [2.75, 3.05) is 32.7 Å². The zero-order valence-electron chi connectivity index (χ0n) is 20.3. The van der Waals surface area contributed by atoms with Gasteiger partial charge in [0.2, 0.25) is 17.7 Å². The topological polar surface area (TPSA) is 91.6 Å². The molecule has 33 heavy (non-hydrogen) atoms. The van der Waals surface area contributed by atoms with Gasteiger partial charge in [-0.25, -0.2) is 0 Å². The third kappa shape index (κ3) is 6.55. The summed E-state index contributed by atoms with van der Waals surface area (Å²) in [7, 11) is 0. The summed E-state index contributed by atoms with van der Waals surface area (Å²) in [5.41, 5.74) is -0.539. The van der Waals surface area contributed by atoms with Crippen molar-refractivity contribution in [1.29, 1.82) is 0 Å². The predicted octanol–water partition coefficient (Wildman–Crippen LogP) is 3.41. The van der Waals surface area contributed by atoms with Crippen LogP contribution in [0.5, 0.6) is 0 Å². The van der Waals surface area contributed by atoms with E-state index >= 15 is 0 Å². The van der Waals surface area contributed by atoms with Gasteiger partial charge >= 0.3 is 0 Å². The standard InChI is InChI=1S/C25H41N5O3/c1-20(31)27-25(13-7-2-3-8-14-25)24-26-22(33-28-24)11-12-23(32)30-17-15-29(16-18-30)19-21-9-5-4-6-10-21/h21H,2-19H2,1H3,(H,27,31). The van der Waals surface area contributed by atoms with E-state index in [1.807, 2.05) is 4.90 Å². The lowest BCUT2D eigenvalue weighted by molar-refractivity contribution is -0.133. The van der Waals surface area contributed by atoms with E-state index in [0.29, 0.717) is 24.6 Å². The molecule has 4 rings (SSSR count). The molecule has 0 spiro atoms. The molecule has 0 bridgehead atoms. The van der Waals surface area contributed by atoms with Crippen molar-refractivity contribution in [1.82, 2.24) is 25.3 Å². The maximum atomic E-state index is 12.8. The highest BCUT2D eigenvalue weighted by Crippen LogP contribution is 2.34. The molecule has 0 atom stereocenters. The van der Waals surface area contributed by atoms with Gasteiger partial charge in [-0.1, -0.05) is 50.1 Å². The Kier molecular flexibility index (Phi) is 8.39. The molecule has 0 aromatic carbocycles. The van der Waals surface area contributed by atoms with Gasteiger partial charge in [0.1, 0.15) is 5.54 Å². The first-order valence-electron chi connectivity index (χ1n) is 13.2. The van der Waals surface area contributed by atoms with Crippen molar-refractivity contribution >= 4 is 11.8 Å². The van der Waals surface area contributed by atoms with Crippen LogP contribution in [0.25, 0.3) is 0 Å². The van der Waals surface area contributed by atoms with Crippen molar-refractivity contribution in [3.63, 3.8) is 0 Å². The molecule has 3 fully saturated rings. The molecule has 1 aromatic heterocycles. The fourth-order valence-electron chi connectivity index (χ4n) is 5.91. The second-order valence-corrected chi connectivity index (χ2v) is 10.4. The van der Waals surface area contributed by atoms with Crippen molar-refractivity contribution in [3.05, 3.63) is 11.7 Å². The number of rotatable bonds is 7. The number of amides is 2. The van der Waals surface area contributed by atoms with Crippen LogP contribution in [0.3, 0.4) is 0 Å². The summed E-state index contributed by atoms with van der Waals surface area (Å²) in [6.07, 6.45) is 13.8. The van der Waals surface area contributed by atoms with Gasteiger partial charge in [-0.15, -0.1) is 0 Å². The normalized spacial score (nSPS) is 22.6. The molecule has 0 radical (unpaired) electrons. The summed E-state index contributed by atoms with van der Waals surface area (Å²) in [6, 6.07) is 0. The van der Waals surface area contributed by atoms with E-state index in [4.69, 9.17) is 4.52 Å². The number of carbonyl (C=O) groups excluding carboxylic acids is 2. The van der Waals surface area contributed by atoms with Gasteiger partial charge in [0.05, 0.1) is 0 Å². The Hall–Kier alpha value is -1.96. The van der Waals surface area contributed by atoms with Crippen LogP contribution in [0.4, 0.5) is 0 Å². The molecule has 184 valence electrons. The Morgan fingerprint density at radius 1 is 1.00 bits per heavy atom. The second kappa shape index (κ2) is 11.4. The smallest absolute Gasteiger partial charge is 0.227 e. The molecule has 1 saturated heterocycles. The number of aromatic nitrogens is 2. The molecule has 2 saturated carbocycles. The van der Waals surface area contributed by atoms with Gasteiger partial charge in [-0.05, 0) is 31.6 Å². The van der Waals surface area contributed by atoms with Crippen LogP contribution in [-0.4, -0.2) is 64.5 Å². The van der Waals surface area contributed by atoms with Crippen molar-refractivity contribution in [2.45, 2.75) is 95.9 Å². The van der Waals surface area contributed by atoms with Crippen LogP contribution in [0.15, 0.2) is 4.52 Å². The van der Waals surface area contributed by atoms with Gasteiger partial charge in [-0.3, -0.25) is 14.5 Å². The number of hydrogen-bond acceptors (Lipinski definition) is 6. The van der Waals surface area contributed by atoms with Gasteiger partial charge in [0.25, 0.3) is 0 Å². The first kappa shape index (κ1) is 24.2.